The van der Waals surface area contributed by atoms with Gasteiger partial charge < -0.3 is 16.2 Å². The molecule has 5 heteroatoms. The second-order valence-corrected chi connectivity index (χ2v) is 4.14. The lowest BCUT2D eigenvalue weighted by molar-refractivity contribution is 0.102. The zero-order chi connectivity index (χ0) is 13.1. The maximum absolute atomic E-state index is 11.9. The standard InChI is InChI=1S/C13H11ClN2O2/c14-8-5-6-11(10(15)7-8)16-13(18)9-3-1-2-4-12(9)17/h1-7,17H,15H2,(H,16,18). The van der Waals surface area contributed by atoms with Gasteiger partial charge in [0, 0.05) is 5.02 Å². The number of nitrogens with two attached hydrogens (primary N) is 1. The van der Waals surface area contributed by atoms with Gasteiger partial charge in [-0.25, -0.2) is 0 Å². The number of hydrogen-bond donors (Lipinski definition) is 3. The summed E-state index contributed by atoms with van der Waals surface area (Å²) in [6.45, 7) is 0. The largest absolute Gasteiger partial charge is 0.507 e. The molecule has 18 heavy (non-hydrogen) atoms. The highest BCUT2D eigenvalue weighted by atomic mass is 35.5. The Hall–Kier alpha value is -2.20. The van der Waals surface area contributed by atoms with E-state index >= 15 is 0 Å². The van der Waals surface area contributed by atoms with E-state index in [1.807, 2.05) is 0 Å². The van der Waals surface area contributed by atoms with E-state index in [9.17, 15) is 9.90 Å². The number of amides is 1. The highest BCUT2D eigenvalue weighted by Crippen LogP contribution is 2.24. The quantitative estimate of drug-likeness (QED) is 0.729. The highest BCUT2D eigenvalue weighted by molar-refractivity contribution is 6.31. The van der Waals surface area contributed by atoms with Crippen LogP contribution < -0.4 is 11.1 Å². The highest BCUT2D eigenvalue weighted by Gasteiger charge is 2.11. The van der Waals surface area contributed by atoms with E-state index in [4.69, 9.17) is 17.3 Å². The Morgan fingerprint density at radius 1 is 1.22 bits per heavy atom. The van der Waals surface area contributed by atoms with Gasteiger partial charge in [-0.05, 0) is 30.3 Å². The summed E-state index contributed by atoms with van der Waals surface area (Å²) in [5, 5.41) is 12.7. The van der Waals surface area contributed by atoms with Crippen LogP contribution >= 0.6 is 11.6 Å². The van der Waals surface area contributed by atoms with Crippen LogP contribution in [-0.2, 0) is 0 Å². The zero-order valence-electron chi connectivity index (χ0n) is 9.35. The van der Waals surface area contributed by atoms with E-state index in [2.05, 4.69) is 5.32 Å². The number of phenolic OH excluding ortho intramolecular Hbond substituents is 1. The predicted molar refractivity (Wildman–Crippen MR) is 71.9 cm³/mol. The average molecular weight is 263 g/mol. The molecule has 0 atom stereocenters. The van der Waals surface area contributed by atoms with Gasteiger partial charge in [0.1, 0.15) is 5.75 Å². The van der Waals surface area contributed by atoms with Crippen LogP contribution in [0.15, 0.2) is 42.5 Å². The molecule has 0 spiro atoms. The van der Waals surface area contributed by atoms with E-state index < -0.39 is 5.91 Å². The van der Waals surface area contributed by atoms with E-state index in [1.54, 1.807) is 30.3 Å². The topological polar surface area (TPSA) is 75.3 Å². The number of carbonyl (C=O) groups is 1. The van der Waals surface area contributed by atoms with Crippen molar-refractivity contribution in [3.05, 3.63) is 53.1 Å². The summed E-state index contributed by atoms with van der Waals surface area (Å²) in [4.78, 5) is 11.9. The molecule has 0 bridgehead atoms. The van der Waals surface area contributed by atoms with Gasteiger partial charge >= 0.3 is 0 Å². The number of anilines is 2. The first-order valence-electron chi connectivity index (χ1n) is 5.22. The van der Waals surface area contributed by atoms with Gasteiger partial charge in [-0.15, -0.1) is 0 Å². The zero-order valence-corrected chi connectivity index (χ0v) is 10.1. The van der Waals surface area contributed by atoms with E-state index in [0.717, 1.165) is 0 Å². The van der Waals surface area contributed by atoms with Gasteiger partial charge in [-0.3, -0.25) is 4.79 Å². The van der Waals surface area contributed by atoms with Crippen molar-refractivity contribution in [1.82, 2.24) is 0 Å². The van der Waals surface area contributed by atoms with Crippen LogP contribution in [0, 0.1) is 0 Å². The molecule has 1 amide bonds. The SMILES string of the molecule is Nc1cc(Cl)ccc1NC(=O)c1ccccc1O. The number of hydrogen-bond acceptors (Lipinski definition) is 3. The number of nitrogens with one attached hydrogen (secondary N) is 1. The lowest BCUT2D eigenvalue weighted by Gasteiger charge is -2.09. The van der Waals surface area contributed by atoms with Crippen LogP contribution in [0.1, 0.15) is 10.4 Å². The van der Waals surface area contributed by atoms with Gasteiger partial charge in [-0.1, -0.05) is 23.7 Å². The fourth-order valence-corrected chi connectivity index (χ4v) is 1.68. The molecule has 0 saturated heterocycles. The van der Waals surface area contributed by atoms with Gasteiger partial charge in [-0.2, -0.15) is 0 Å². The van der Waals surface area contributed by atoms with Gasteiger partial charge in [0.15, 0.2) is 0 Å². The minimum absolute atomic E-state index is 0.0810. The Balaban J connectivity index is 2.24. The predicted octanol–water partition coefficient (Wildman–Crippen LogP) is 2.88. The summed E-state index contributed by atoms with van der Waals surface area (Å²) in [5.74, 6) is -0.510. The van der Waals surface area contributed by atoms with Crippen molar-refractivity contribution in [3.8, 4) is 5.75 Å². The number of benzene rings is 2. The summed E-state index contributed by atoms with van der Waals surface area (Å²) < 4.78 is 0. The van der Waals surface area contributed by atoms with E-state index in [1.165, 1.54) is 12.1 Å². The third-order valence-corrected chi connectivity index (χ3v) is 2.65. The number of phenols is 1. The molecule has 0 saturated carbocycles. The monoisotopic (exact) mass is 262 g/mol. The minimum Gasteiger partial charge on any atom is -0.507 e. The number of nitrogen functional groups attached to an aromatic ring is 1. The Kier molecular flexibility index (Phi) is 3.39. The van der Waals surface area contributed by atoms with E-state index in [0.29, 0.717) is 16.4 Å². The molecule has 0 aliphatic carbocycles. The maximum atomic E-state index is 11.9. The molecular formula is C13H11ClN2O2. The van der Waals surface area contributed by atoms with Gasteiger partial charge in [0.25, 0.3) is 5.91 Å². The second-order valence-electron chi connectivity index (χ2n) is 3.70. The Morgan fingerprint density at radius 3 is 2.61 bits per heavy atom. The molecule has 2 aromatic carbocycles. The third-order valence-electron chi connectivity index (χ3n) is 2.41. The maximum Gasteiger partial charge on any atom is 0.259 e. The minimum atomic E-state index is -0.429. The summed E-state index contributed by atoms with van der Waals surface area (Å²) in [7, 11) is 0. The first kappa shape index (κ1) is 12.3. The molecule has 2 aromatic rings. The molecule has 0 aliphatic heterocycles. The lowest BCUT2D eigenvalue weighted by Crippen LogP contribution is -2.13. The molecule has 92 valence electrons. The van der Waals surface area contributed by atoms with Crippen molar-refractivity contribution >= 4 is 28.9 Å². The van der Waals surface area contributed by atoms with Crippen molar-refractivity contribution in [1.29, 1.82) is 0 Å². The fraction of sp³-hybridized carbons (Fsp3) is 0. The Morgan fingerprint density at radius 2 is 1.94 bits per heavy atom. The molecule has 4 nitrogen and oxygen atoms in total. The number of para-hydroxylation sites is 1. The van der Waals surface area contributed by atoms with Crippen molar-refractivity contribution in [2.24, 2.45) is 0 Å². The van der Waals surface area contributed by atoms with Crippen molar-refractivity contribution < 1.29 is 9.90 Å². The first-order chi connectivity index (χ1) is 8.58. The summed E-state index contributed by atoms with van der Waals surface area (Å²) in [5.41, 5.74) is 6.73. The molecule has 2 rings (SSSR count). The number of halogens is 1. The molecule has 0 aromatic heterocycles. The van der Waals surface area contributed by atoms with Crippen molar-refractivity contribution in [2.45, 2.75) is 0 Å². The average Bonchev–Trinajstić information content (AvgIpc) is 2.33. The smallest absolute Gasteiger partial charge is 0.259 e. The van der Waals surface area contributed by atoms with Crippen LogP contribution in [0.4, 0.5) is 11.4 Å². The van der Waals surface area contributed by atoms with Crippen LogP contribution in [0.5, 0.6) is 5.75 Å². The Bertz CT molecular complexity index is 599. The molecule has 0 unspecified atom stereocenters. The van der Waals surface area contributed by atoms with Crippen LogP contribution in [-0.4, -0.2) is 11.0 Å². The van der Waals surface area contributed by atoms with Gasteiger partial charge in [0.05, 0.1) is 16.9 Å². The summed E-state index contributed by atoms with van der Waals surface area (Å²) in [6, 6.07) is 11.1. The van der Waals surface area contributed by atoms with E-state index in [-0.39, 0.29) is 11.3 Å². The second kappa shape index (κ2) is 4.98. The lowest BCUT2D eigenvalue weighted by atomic mass is 10.2. The summed E-state index contributed by atoms with van der Waals surface area (Å²) in [6.07, 6.45) is 0. The molecule has 0 aliphatic rings. The number of carbonyl (C=O) groups excluding carboxylic acids is 1. The summed E-state index contributed by atoms with van der Waals surface area (Å²) >= 11 is 5.76. The molecule has 0 fully saturated rings. The van der Waals surface area contributed by atoms with Crippen molar-refractivity contribution in [2.75, 3.05) is 11.1 Å². The first-order valence-corrected chi connectivity index (χ1v) is 5.60. The third kappa shape index (κ3) is 2.55. The molecule has 0 heterocycles. The van der Waals surface area contributed by atoms with Crippen molar-refractivity contribution in [3.63, 3.8) is 0 Å². The fourth-order valence-electron chi connectivity index (χ4n) is 1.50. The molecular weight excluding hydrogens is 252 g/mol. The van der Waals surface area contributed by atoms with Crippen LogP contribution in [0.25, 0.3) is 0 Å². The van der Waals surface area contributed by atoms with Gasteiger partial charge in [0.2, 0.25) is 0 Å². The normalized spacial score (nSPS) is 10.1. The number of rotatable bonds is 2. The van der Waals surface area contributed by atoms with Crippen LogP contribution in [0.3, 0.4) is 0 Å². The Labute approximate surface area is 109 Å². The molecule has 0 radical (unpaired) electrons. The number of aromatic hydroxyl groups is 1. The van der Waals surface area contributed by atoms with Crippen LogP contribution in [0.2, 0.25) is 5.02 Å². The molecule has 4 N–H and O–H groups in total.